The van der Waals surface area contributed by atoms with E-state index in [1.807, 2.05) is 0 Å². The Labute approximate surface area is 139 Å². The average molecular weight is 336 g/mol. The number of benzene rings is 1. The van der Waals surface area contributed by atoms with Crippen molar-refractivity contribution in [3.8, 4) is 0 Å². The van der Waals surface area contributed by atoms with Crippen LogP contribution < -0.4 is 10.6 Å². The Morgan fingerprint density at radius 2 is 1.91 bits per heavy atom. The molecule has 0 bridgehead atoms. The molecule has 2 rings (SSSR count). The van der Waals surface area contributed by atoms with Crippen molar-refractivity contribution in [3.63, 3.8) is 0 Å². The van der Waals surface area contributed by atoms with Gasteiger partial charge >= 0.3 is 0 Å². The van der Waals surface area contributed by atoms with Gasteiger partial charge in [-0.05, 0) is 30.7 Å². The number of hydrogen-bond donors (Lipinski definition) is 2. The summed E-state index contributed by atoms with van der Waals surface area (Å²) in [6, 6.07) is 5.49. The first-order valence-electron chi connectivity index (χ1n) is 7.48. The van der Waals surface area contributed by atoms with Crippen LogP contribution >= 0.6 is 11.5 Å². The molecule has 0 fully saturated rings. The van der Waals surface area contributed by atoms with Crippen LogP contribution in [0.2, 0.25) is 0 Å². The van der Waals surface area contributed by atoms with Gasteiger partial charge in [-0.3, -0.25) is 4.79 Å². The second-order valence-electron chi connectivity index (χ2n) is 6.22. The van der Waals surface area contributed by atoms with Crippen molar-refractivity contribution in [2.45, 2.75) is 32.6 Å². The van der Waals surface area contributed by atoms with Gasteiger partial charge in [0, 0.05) is 35.6 Å². The molecule has 1 heterocycles. The van der Waals surface area contributed by atoms with Gasteiger partial charge in [0.05, 0.1) is 0 Å². The van der Waals surface area contributed by atoms with Crippen molar-refractivity contribution in [1.29, 1.82) is 0 Å². The zero-order valence-corrected chi connectivity index (χ0v) is 14.3. The zero-order chi connectivity index (χ0) is 16.9. The highest BCUT2D eigenvalue weighted by molar-refractivity contribution is 7.09. The summed E-state index contributed by atoms with van der Waals surface area (Å²) < 4.78 is 17.1. The maximum atomic E-state index is 12.8. The minimum absolute atomic E-state index is 0.0560. The van der Waals surface area contributed by atoms with Crippen molar-refractivity contribution in [2.24, 2.45) is 0 Å². The maximum Gasteiger partial charge on any atom is 0.251 e. The first-order valence-corrected chi connectivity index (χ1v) is 8.25. The number of halogens is 1. The van der Waals surface area contributed by atoms with E-state index >= 15 is 0 Å². The summed E-state index contributed by atoms with van der Waals surface area (Å²) in [7, 11) is 0. The Bertz CT molecular complexity index is 649. The van der Waals surface area contributed by atoms with E-state index in [-0.39, 0.29) is 17.1 Å². The first kappa shape index (κ1) is 17.3. The average Bonchev–Trinajstić information content (AvgIpc) is 2.96. The van der Waals surface area contributed by atoms with Crippen molar-refractivity contribution in [1.82, 2.24) is 14.7 Å². The fraction of sp³-hybridized carbons (Fsp3) is 0.438. The predicted octanol–water partition coefficient (Wildman–Crippen LogP) is 3.21. The largest absolute Gasteiger partial charge is 0.360 e. The Morgan fingerprint density at radius 1 is 1.22 bits per heavy atom. The van der Waals surface area contributed by atoms with E-state index in [4.69, 9.17) is 0 Å². The summed E-state index contributed by atoms with van der Waals surface area (Å²) in [6.45, 7) is 7.45. The van der Waals surface area contributed by atoms with Crippen LogP contribution in [0.3, 0.4) is 0 Å². The second-order valence-corrected chi connectivity index (χ2v) is 6.97. The molecule has 0 spiro atoms. The van der Waals surface area contributed by atoms with E-state index in [0.29, 0.717) is 18.7 Å². The first-order chi connectivity index (χ1) is 10.9. The van der Waals surface area contributed by atoms with Crippen LogP contribution in [0.4, 0.5) is 9.52 Å². The van der Waals surface area contributed by atoms with Crippen LogP contribution in [0.15, 0.2) is 24.3 Å². The number of aromatic nitrogens is 2. The van der Waals surface area contributed by atoms with Crippen LogP contribution in [0, 0.1) is 5.82 Å². The molecule has 0 radical (unpaired) electrons. The van der Waals surface area contributed by atoms with Gasteiger partial charge in [-0.15, -0.1) is 0 Å². The fourth-order valence-corrected chi connectivity index (χ4v) is 2.57. The summed E-state index contributed by atoms with van der Waals surface area (Å²) in [5.74, 6) is 0.281. The SMILES string of the molecule is CC(C)(C)c1nsc(NCCCNC(=O)c2ccc(F)cc2)n1. The molecule has 2 aromatic rings. The van der Waals surface area contributed by atoms with E-state index in [0.717, 1.165) is 17.4 Å². The van der Waals surface area contributed by atoms with E-state index in [9.17, 15) is 9.18 Å². The number of carbonyl (C=O) groups excluding carboxylic acids is 1. The monoisotopic (exact) mass is 336 g/mol. The van der Waals surface area contributed by atoms with Crippen LogP contribution in [-0.4, -0.2) is 28.4 Å². The molecule has 0 unspecified atom stereocenters. The van der Waals surface area contributed by atoms with Gasteiger partial charge in [-0.25, -0.2) is 9.37 Å². The van der Waals surface area contributed by atoms with Gasteiger partial charge in [0.25, 0.3) is 5.91 Å². The minimum Gasteiger partial charge on any atom is -0.360 e. The Morgan fingerprint density at radius 3 is 2.52 bits per heavy atom. The van der Waals surface area contributed by atoms with Gasteiger partial charge in [-0.1, -0.05) is 20.8 Å². The standard InChI is InChI=1S/C16H21FN4OS/c1-16(2,3)14-20-15(23-21-14)19-10-4-9-18-13(22)11-5-7-12(17)8-6-11/h5-8H,4,9-10H2,1-3H3,(H,18,22)(H,19,20,21). The van der Waals surface area contributed by atoms with Crippen molar-refractivity contribution in [3.05, 3.63) is 41.5 Å². The lowest BCUT2D eigenvalue weighted by Crippen LogP contribution is -2.25. The number of anilines is 1. The topological polar surface area (TPSA) is 66.9 Å². The minimum atomic E-state index is -0.350. The van der Waals surface area contributed by atoms with Crippen molar-refractivity contribution < 1.29 is 9.18 Å². The molecular weight excluding hydrogens is 315 g/mol. The molecule has 7 heteroatoms. The number of amides is 1. The van der Waals surface area contributed by atoms with Gasteiger partial charge in [0.2, 0.25) is 5.13 Å². The van der Waals surface area contributed by atoms with E-state index in [1.165, 1.54) is 35.8 Å². The van der Waals surface area contributed by atoms with Crippen LogP contribution in [-0.2, 0) is 5.41 Å². The van der Waals surface area contributed by atoms with Crippen LogP contribution in [0.25, 0.3) is 0 Å². The molecule has 1 amide bonds. The maximum absolute atomic E-state index is 12.8. The number of nitrogens with one attached hydrogen (secondary N) is 2. The fourth-order valence-electron chi connectivity index (χ4n) is 1.79. The highest BCUT2D eigenvalue weighted by Gasteiger charge is 2.19. The van der Waals surface area contributed by atoms with Gasteiger partial charge in [0.15, 0.2) is 0 Å². The zero-order valence-electron chi connectivity index (χ0n) is 13.5. The summed E-state index contributed by atoms with van der Waals surface area (Å²) >= 11 is 1.34. The lowest BCUT2D eigenvalue weighted by atomic mass is 9.96. The van der Waals surface area contributed by atoms with Crippen molar-refractivity contribution >= 4 is 22.6 Å². The number of rotatable bonds is 6. The summed E-state index contributed by atoms with van der Waals surface area (Å²) in [5, 5.41) is 6.79. The predicted molar refractivity (Wildman–Crippen MR) is 90.4 cm³/mol. The normalized spacial score (nSPS) is 11.3. The molecule has 2 N–H and O–H groups in total. The molecule has 0 aliphatic carbocycles. The third kappa shape index (κ3) is 5.28. The molecule has 0 aliphatic rings. The molecule has 23 heavy (non-hydrogen) atoms. The smallest absolute Gasteiger partial charge is 0.251 e. The van der Waals surface area contributed by atoms with E-state index in [1.54, 1.807) is 0 Å². The molecule has 124 valence electrons. The Kier molecular flexibility index (Phi) is 5.65. The molecular formula is C16H21FN4OS. The van der Waals surface area contributed by atoms with Gasteiger partial charge < -0.3 is 10.6 Å². The number of nitrogens with zero attached hydrogens (tertiary/aromatic N) is 2. The molecule has 0 atom stereocenters. The van der Waals surface area contributed by atoms with Crippen molar-refractivity contribution in [2.75, 3.05) is 18.4 Å². The van der Waals surface area contributed by atoms with Crippen LogP contribution in [0.5, 0.6) is 0 Å². The lowest BCUT2D eigenvalue weighted by Gasteiger charge is -2.12. The summed E-state index contributed by atoms with van der Waals surface area (Å²) in [5.41, 5.74) is 0.401. The number of hydrogen-bond acceptors (Lipinski definition) is 5. The summed E-state index contributed by atoms with van der Waals surface area (Å²) in [4.78, 5) is 16.3. The third-order valence-corrected chi connectivity index (χ3v) is 3.79. The second kappa shape index (κ2) is 7.50. The van der Waals surface area contributed by atoms with E-state index < -0.39 is 0 Å². The highest BCUT2D eigenvalue weighted by Crippen LogP contribution is 2.22. The summed E-state index contributed by atoms with van der Waals surface area (Å²) in [6.07, 6.45) is 0.761. The highest BCUT2D eigenvalue weighted by atomic mass is 32.1. The van der Waals surface area contributed by atoms with E-state index in [2.05, 4.69) is 40.8 Å². The number of carbonyl (C=O) groups is 1. The molecule has 0 saturated carbocycles. The quantitative estimate of drug-likeness (QED) is 0.795. The molecule has 1 aromatic heterocycles. The Hall–Kier alpha value is -2.02. The lowest BCUT2D eigenvalue weighted by molar-refractivity contribution is 0.0953. The van der Waals surface area contributed by atoms with Crippen LogP contribution in [0.1, 0.15) is 43.4 Å². The third-order valence-electron chi connectivity index (χ3n) is 3.12. The molecule has 1 aromatic carbocycles. The van der Waals surface area contributed by atoms with Gasteiger partial charge in [0.1, 0.15) is 11.6 Å². The van der Waals surface area contributed by atoms with Gasteiger partial charge in [-0.2, -0.15) is 4.37 Å². The Balaban J connectivity index is 1.68. The molecule has 0 aliphatic heterocycles. The molecule has 5 nitrogen and oxygen atoms in total. The molecule has 0 saturated heterocycles.